The molecule has 2 aromatic rings. The summed E-state index contributed by atoms with van der Waals surface area (Å²) >= 11 is 0. The Kier molecular flexibility index (Phi) is 3.57. The van der Waals surface area contributed by atoms with Gasteiger partial charge in [-0.15, -0.1) is 0 Å². The summed E-state index contributed by atoms with van der Waals surface area (Å²) in [4.78, 5) is 11.6. The first kappa shape index (κ1) is 13.8. The molecule has 0 amide bonds. The number of hydrogen-bond acceptors (Lipinski definition) is 4. The van der Waals surface area contributed by atoms with Crippen LogP contribution in [0.1, 0.15) is 16.7 Å². The normalized spacial score (nSPS) is 10.2. The summed E-state index contributed by atoms with van der Waals surface area (Å²) < 4.78 is 6.58. The Morgan fingerprint density at radius 2 is 1.90 bits per heavy atom. The molecule has 1 aromatic carbocycles. The van der Waals surface area contributed by atoms with Crippen molar-refractivity contribution >= 4 is 0 Å². The molecule has 0 spiro atoms. The number of rotatable bonds is 2. The van der Waals surface area contributed by atoms with Gasteiger partial charge >= 0.3 is 0 Å². The van der Waals surface area contributed by atoms with Crippen molar-refractivity contribution in [2.24, 2.45) is 7.05 Å². The number of methoxy groups -OCH3 is 1. The molecule has 0 aliphatic carbocycles. The van der Waals surface area contributed by atoms with Crippen LogP contribution < -0.4 is 10.3 Å². The van der Waals surface area contributed by atoms with Crippen LogP contribution in [0.5, 0.6) is 5.75 Å². The van der Waals surface area contributed by atoms with Gasteiger partial charge in [0.15, 0.2) is 0 Å². The number of hydrogen-bond donors (Lipinski definition) is 0. The predicted molar refractivity (Wildman–Crippen MR) is 75.7 cm³/mol. The lowest BCUT2D eigenvalue weighted by atomic mass is 10.0. The summed E-state index contributed by atoms with van der Waals surface area (Å²) in [5.41, 5.74) is 3.26. The van der Waals surface area contributed by atoms with Crippen LogP contribution in [-0.4, -0.2) is 16.9 Å². The molecule has 0 radical (unpaired) electrons. The Morgan fingerprint density at radius 3 is 2.50 bits per heavy atom. The lowest BCUT2D eigenvalue weighted by Gasteiger charge is -2.12. The van der Waals surface area contributed by atoms with Crippen LogP contribution in [0.15, 0.2) is 23.0 Å². The fourth-order valence-electron chi connectivity index (χ4n) is 1.97. The first-order valence-electron chi connectivity index (χ1n) is 6.12. The highest BCUT2D eigenvalue weighted by Crippen LogP contribution is 2.32. The molecule has 20 heavy (non-hydrogen) atoms. The molecular weight excluding hydrogens is 254 g/mol. The molecule has 102 valence electrons. The number of ether oxygens (including phenoxy) is 1. The number of nitriles is 1. The fourth-order valence-corrected chi connectivity index (χ4v) is 1.97. The molecule has 0 saturated carbocycles. The van der Waals surface area contributed by atoms with Gasteiger partial charge in [0.1, 0.15) is 17.5 Å². The van der Waals surface area contributed by atoms with Crippen LogP contribution in [0, 0.1) is 25.2 Å². The number of aryl methyl sites for hydroxylation is 3. The van der Waals surface area contributed by atoms with E-state index in [1.807, 2.05) is 32.0 Å². The zero-order valence-corrected chi connectivity index (χ0v) is 11.9. The molecule has 1 heterocycles. The van der Waals surface area contributed by atoms with E-state index in [1.165, 1.54) is 10.7 Å². The van der Waals surface area contributed by atoms with Gasteiger partial charge in [0.25, 0.3) is 5.56 Å². The van der Waals surface area contributed by atoms with Gasteiger partial charge in [-0.2, -0.15) is 10.4 Å². The van der Waals surface area contributed by atoms with Crippen molar-refractivity contribution in [2.45, 2.75) is 13.8 Å². The van der Waals surface area contributed by atoms with E-state index in [2.05, 4.69) is 5.10 Å². The highest BCUT2D eigenvalue weighted by Gasteiger charge is 2.15. The lowest BCUT2D eigenvalue weighted by Crippen LogP contribution is -2.20. The minimum absolute atomic E-state index is 0.245. The van der Waals surface area contributed by atoms with Gasteiger partial charge in [-0.25, -0.2) is 4.68 Å². The molecule has 0 bridgehead atoms. The van der Waals surface area contributed by atoms with Crippen LogP contribution in [0.4, 0.5) is 0 Å². The second-order valence-corrected chi connectivity index (χ2v) is 4.62. The fraction of sp³-hybridized carbons (Fsp3) is 0.267. The van der Waals surface area contributed by atoms with Gasteiger partial charge in [-0.1, -0.05) is 0 Å². The number of benzene rings is 1. The monoisotopic (exact) mass is 269 g/mol. The minimum Gasteiger partial charge on any atom is -0.496 e. The molecule has 0 aliphatic rings. The maximum atomic E-state index is 11.6. The zero-order chi connectivity index (χ0) is 14.9. The number of aromatic nitrogens is 2. The summed E-state index contributed by atoms with van der Waals surface area (Å²) in [5, 5.41) is 13.4. The van der Waals surface area contributed by atoms with Gasteiger partial charge in [0.2, 0.25) is 0 Å². The van der Waals surface area contributed by atoms with Gasteiger partial charge in [-0.05, 0) is 37.1 Å². The molecule has 0 fully saturated rings. The molecule has 2 rings (SSSR count). The van der Waals surface area contributed by atoms with E-state index < -0.39 is 0 Å². The number of nitrogens with zero attached hydrogens (tertiary/aromatic N) is 3. The van der Waals surface area contributed by atoms with Crippen molar-refractivity contribution in [3.05, 3.63) is 45.2 Å². The van der Waals surface area contributed by atoms with Gasteiger partial charge < -0.3 is 4.74 Å². The third-order valence-electron chi connectivity index (χ3n) is 3.28. The first-order valence-corrected chi connectivity index (χ1v) is 6.12. The summed E-state index contributed by atoms with van der Waals surface area (Å²) in [6.07, 6.45) is 0. The molecule has 5 heteroatoms. The van der Waals surface area contributed by atoms with E-state index in [-0.39, 0.29) is 11.1 Å². The Labute approximate surface area is 117 Å². The van der Waals surface area contributed by atoms with Gasteiger partial charge in [0.05, 0.1) is 12.7 Å². The highest BCUT2D eigenvalue weighted by atomic mass is 16.5. The third-order valence-corrected chi connectivity index (χ3v) is 3.28. The largest absolute Gasteiger partial charge is 0.496 e. The molecule has 5 nitrogen and oxygen atoms in total. The van der Waals surface area contributed by atoms with Crippen LogP contribution in [0.3, 0.4) is 0 Å². The van der Waals surface area contributed by atoms with Crippen molar-refractivity contribution in [1.29, 1.82) is 5.26 Å². The molecule has 1 aromatic heterocycles. The van der Waals surface area contributed by atoms with Gasteiger partial charge in [0, 0.05) is 18.7 Å². The van der Waals surface area contributed by atoms with E-state index in [4.69, 9.17) is 4.74 Å². The van der Waals surface area contributed by atoms with Crippen LogP contribution in [-0.2, 0) is 7.05 Å². The Morgan fingerprint density at radius 1 is 1.25 bits per heavy atom. The quantitative estimate of drug-likeness (QED) is 0.835. The molecule has 0 saturated heterocycles. The van der Waals surface area contributed by atoms with Crippen molar-refractivity contribution < 1.29 is 4.74 Å². The Bertz CT molecular complexity index is 770. The minimum atomic E-state index is -0.312. The van der Waals surface area contributed by atoms with Crippen LogP contribution in [0.2, 0.25) is 0 Å². The van der Waals surface area contributed by atoms with Gasteiger partial charge in [-0.3, -0.25) is 4.79 Å². The van der Waals surface area contributed by atoms with Crippen LogP contribution >= 0.6 is 0 Å². The van der Waals surface area contributed by atoms with Crippen molar-refractivity contribution in [1.82, 2.24) is 9.78 Å². The standard InChI is InChI=1S/C15H15N3O2/c1-9-5-12(13(20-4)6-10(9)2)15-11(8-16)7-14(19)18(3)17-15/h5-7H,1-4H3. The average Bonchev–Trinajstić information content (AvgIpc) is 2.43. The van der Waals surface area contributed by atoms with Crippen molar-refractivity contribution in [3.8, 4) is 23.1 Å². The predicted octanol–water partition coefficient (Wildman–Crippen LogP) is 1.94. The second-order valence-electron chi connectivity index (χ2n) is 4.62. The topological polar surface area (TPSA) is 67.9 Å². The first-order chi connectivity index (χ1) is 9.47. The van der Waals surface area contributed by atoms with Crippen molar-refractivity contribution in [3.63, 3.8) is 0 Å². The average molecular weight is 269 g/mol. The summed E-state index contributed by atoms with van der Waals surface area (Å²) in [6.45, 7) is 3.97. The molecule has 0 unspecified atom stereocenters. The van der Waals surface area contributed by atoms with Crippen molar-refractivity contribution in [2.75, 3.05) is 7.11 Å². The Hall–Kier alpha value is -2.61. The van der Waals surface area contributed by atoms with E-state index in [0.717, 1.165) is 11.1 Å². The molecule has 0 aliphatic heterocycles. The second kappa shape index (κ2) is 5.17. The lowest BCUT2D eigenvalue weighted by molar-refractivity contribution is 0.415. The third kappa shape index (κ3) is 2.28. The van der Waals surface area contributed by atoms with E-state index in [1.54, 1.807) is 14.2 Å². The molecular formula is C15H15N3O2. The van der Waals surface area contributed by atoms with E-state index in [9.17, 15) is 10.1 Å². The summed E-state index contributed by atoms with van der Waals surface area (Å²) in [7, 11) is 3.13. The molecule has 0 N–H and O–H groups in total. The highest BCUT2D eigenvalue weighted by molar-refractivity contribution is 5.73. The summed E-state index contributed by atoms with van der Waals surface area (Å²) in [5.74, 6) is 0.635. The smallest absolute Gasteiger partial charge is 0.267 e. The SMILES string of the molecule is COc1cc(C)c(C)cc1-c1nn(C)c(=O)cc1C#N. The molecule has 0 atom stereocenters. The zero-order valence-electron chi connectivity index (χ0n) is 11.9. The maximum absolute atomic E-state index is 11.6. The Balaban J connectivity index is 2.81. The van der Waals surface area contributed by atoms with Crippen LogP contribution in [0.25, 0.3) is 11.3 Å². The summed E-state index contributed by atoms with van der Waals surface area (Å²) in [6, 6.07) is 7.12. The maximum Gasteiger partial charge on any atom is 0.267 e. The van der Waals surface area contributed by atoms with E-state index >= 15 is 0 Å². The van der Waals surface area contributed by atoms with E-state index in [0.29, 0.717) is 17.0 Å².